The molecule has 90 valence electrons. The number of hydrogen-bond donors (Lipinski definition) is 0. The number of hydrogen-bond acceptors (Lipinski definition) is 4. The molecule has 0 aromatic heterocycles. The van der Waals surface area contributed by atoms with E-state index in [4.69, 9.17) is 4.74 Å². The largest absolute Gasteiger partial charge is 0.464 e. The summed E-state index contributed by atoms with van der Waals surface area (Å²) in [7, 11) is 0. The lowest BCUT2D eigenvalue weighted by molar-refractivity contribution is -0.148. The summed E-state index contributed by atoms with van der Waals surface area (Å²) >= 11 is 0. The lowest BCUT2D eigenvalue weighted by Crippen LogP contribution is -2.38. The van der Waals surface area contributed by atoms with Crippen LogP contribution in [0.15, 0.2) is 30.3 Å². The maximum absolute atomic E-state index is 11.9. The Bertz CT molecular complexity index is 443. The second kappa shape index (κ2) is 4.20. The molecule has 0 amide bonds. The highest BCUT2D eigenvalue weighted by Crippen LogP contribution is 2.39. The minimum atomic E-state index is -1.09. The fraction of sp³-hybridized carbons (Fsp3) is 0.385. The summed E-state index contributed by atoms with van der Waals surface area (Å²) in [6.45, 7) is 3.86. The molecule has 0 spiro atoms. The van der Waals surface area contributed by atoms with Gasteiger partial charge in [-0.15, -0.1) is 0 Å². The lowest BCUT2D eigenvalue weighted by atomic mass is 10.1. The number of anilines is 1. The van der Waals surface area contributed by atoms with Gasteiger partial charge in [0.25, 0.3) is 0 Å². The minimum Gasteiger partial charge on any atom is -0.464 e. The number of carbonyl (C=O) groups excluding carboxylic acids is 2. The van der Waals surface area contributed by atoms with Crippen LogP contribution >= 0.6 is 0 Å². The predicted octanol–water partition coefficient (Wildman–Crippen LogP) is 1.40. The molecular weight excluding hydrogens is 218 g/mol. The Morgan fingerprint density at radius 3 is 2.53 bits per heavy atom. The zero-order valence-electron chi connectivity index (χ0n) is 9.97. The van der Waals surface area contributed by atoms with Crippen molar-refractivity contribution in [3.05, 3.63) is 30.3 Å². The number of rotatable bonds is 4. The summed E-state index contributed by atoms with van der Waals surface area (Å²) in [4.78, 5) is 25.3. The Kier molecular flexibility index (Phi) is 2.88. The minimum absolute atomic E-state index is 0.167. The van der Waals surface area contributed by atoms with E-state index in [1.165, 1.54) is 6.92 Å². The van der Waals surface area contributed by atoms with Gasteiger partial charge in [-0.25, -0.2) is 4.79 Å². The third-order valence-corrected chi connectivity index (χ3v) is 3.01. The molecule has 0 saturated carbocycles. The van der Waals surface area contributed by atoms with E-state index in [1.54, 1.807) is 11.8 Å². The van der Waals surface area contributed by atoms with Crippen LogP contribution in [0.3, 0.4) is 0 Å². The number of para-hydroxylation sites is 1. The van der Waals surface area contributed by atoms with Crippen molar-refractivity contribution in [2.24, 2.45) is 0 Å². The molecule has 4 heteroatoms. The molecular formula is C13H15NO3. The van der Waals surface area contributed by atoms with Gasteiger partial charge in [0, 0.05) is 5.69 Å². The van der Waals surface area contributed by atoms with Crippen molar-refractivity contribution < 1.29 is 14.3 Å². The highest BCUT2D eigenvalue weighted by molar-refractivity contribution is 6.16. The van der Waals surface area contributed by atoms with Gasteiger partial charge >= 0.3 is 5.97 Å². The average molecular weight is 233 g/mol. The molecule has 1 aromatic rings. The van der Waals surface area contributed by atoms with Gasteiger partial charge in [0.1, 0.15) is 0 Å². The van der Waals surface area contributed by atoms with Gasteiger partial charge in [0.15, 0.2) is 5.78 Å². The standard InChI is InChI=1S/C13H15NO3/c1-3-17-12(16)13(10(2)15)9-14(13)11-7-5-4-6-8-11/h4-8H,3,9H2,1-2H3/t13-,14?/m1/s1. The van der Waals surface area contributed by atoms with Gasteiger partial charge in [-0.2, -0.15) is 0 Å². The van der Waals surface area contributed by atoms with E-state index in [-0.39, 0.29) is 12.4 Å². The van der Waals surface area contributed by atoms with Crippen molar-refractivity contribution in [1.82, 2.24) is 0 Å². The molecule has 1 aliphatic heterocycles. The molecule has 4 nitrogen and oxygen atoms in total. The molecule has 0 radical (unpaired) electrons. The van der Waals surface area contributed by atoms with Crippen LogP contribution in [-0.2, 0) is 14.3 Å². The number of ether oxygens (including phenoxy) is 1. The van der Waals surface area contributed by atoms with E-state index >= 15 is 0 Å². The Morgan fingerprint density at radius 1 is 1.35 bits per heavy atom. The molecule has 2 rings (SSSR count). The third kappa shape index (κ3) is 1.79. The lowest BCUT2D eigenvalue weighted by Gasteiger charge is -2.14. The molecule has 1 aliphatic rings. The number of carbonyl (C=O) groups is 2. The van der Waals surface area contributed by atoms with Crippen LogP contribution in [0, 0.1) is 0 Å². The molecule has 17 heavy (non-hydrogen) atoms. The highest BCUT2D eigenvalue weighted by atomic mass is 16.5. The normalized spacial score (nSPS) is 22.1. The van der Waals surface area contributed by atoms with Gasteiger partial charge in [-0.1, -0.05) is 18.2 Å². The van der Waals surface area contributed by atoms with Gasteiger partial charge in [-0.05, 0) is 26.0 Å². The van der Waals surface area contributed by atoms with Crippen molar-refractivity contribution in [3.8, 4) is 0 Å². The first-order valence-corrected chi connectivity index (χ1v) is 5.64. The monoisotopic (exact) mass is 233 g/mol. The Morgan fingerprint density at radius 2 is 2.00 bits per heavy atom. The van der Waals surface area contributed by atoms with Crippen molar-refractivity contribution in [1.29, 1.82) is 0 Å². The van der Waals surface area contributed by atoms with Crippen molar-refractivity contribution in [3.63, 3.8) is 0 Å². The number of esters is 1. The maximum Gasteiger partial charge on any atom is 0.341 e. The number of nitrogens with zero attached hydrogens (tertiary/aromatic N) is 1. The second-order valence-corrected chi connectivity index (χ2v) is 4.06. The topological polar surface area (TPSA) is 46.4 Å². The first kappa shape index (κ1) is 11.6. The molecule has 0 N–H and O–H groups in total. The smallest absolute Gasteiger partial charge is 0.341 e. The molecule has 0 unspecified atom stereocenters. The van der Waals surface area contributed by atoms with Crippen molar-refractivity contribution in [2.75, 3.05) is 18.1 Å². The van der Waals surface area contributed by atoms with E-state index in [9.17, 15) is 9.59 Å². The Labute approximate surface area is 100 Å². The Hall–Kier alpha value is -1.84. The zero-order valence-corrected chi connectivity index (χ0v) is 9.97. The first-order chi connectivity index (χ1) is 8.13. The van der Waals surface area contributed by atoms with E-state index in [1.807, 2.05) is 30.3 Å². The first-order valence-electron chi connectivity index (χ1n) is 5.64. The SMILES string of the molecule is CCOC(=O)[C@]1(C(C)=O)CN1c1ccccc1. The van der Waals surface area contributed by atoms with E-state index in [2.05, 4.69) is 0 Å². The summed E-state index contributed by atoms with van der Waals surface area (Å²) in [6, 6.07) is 9.41. The predicted molar refractivity (Wildman–Crippen MR) is 63.8 cm³/mol. The van der Waals surface area contributed by atoms with Crippen molar-refractivity contribution in [2.45, 2.75) is 19.4 Å². The van der Waals surface area contributed by atoms with Gasteiger partial charge < -0.3 is 9.64 Å². The number of benzene rings is 1. The number of Topliss-reactive ketones (excluding diaryl/α,β-unsaturated/α-hetero) is 1. The summed E-state index contributed by atoms with van der Waals surface area (Å²) < 4.78 is 4.98. The molecule has 1 aromatic carbocycles. The van der Waals surface area contributed by atoms with Crippen LogP contribution < -0.4 is 4.90 Å². The summed E-state index contributed by atoms with van der Waals surface area (Å²) in [5, 5.41) is 0. The fourth-order valence-electron chi connectivity index (χ4n) is 1.98. The van der Waals surface area contributed by atoms with Gasteiger partial charge in [0.2, 0.25) is 5.54 Å². The van der Waals surface area contributed by atoms with Crippen molar-refractivity contribution >= 4 is 17.4 Å². The highest BCUT2D eigenvalue weighted by Gasteiger charge is 2.63. The van der Waals surface area contributed by atoms with E-state index < -0.39 is 11.5 Å². The van der Waals surface area contributed by atoms with Crippen LogP contribution in [0.25, 0.3) is 0 Å². The van der Waals surface area contributed by atoms with Crippen LogP contribution in [-0.4, -0.2) is 30.4 Å². The second-order valence-electron chi connectivity index (χ2n) is 4.06. The zero-order chi connectivity index (χ0) is 12.5. The fourth-order valence-corrected chi connectivity index (χ4v) is 1.98. The summed E-state index contributed by atoms with van der Waals surface area (Å²) in [6.07, 6.45) is 0. The van der Waals surface area contributed by atoms with E-state index in [0.717, 1.165) is 5.69 Å². The van der Waals surface area contributed by atoms with Crippen LogP contribution in [0.5, 0.6) is 0 Å². The Balaban J connectivity index is 2.25. The average Bonchev–Trinajstić information content (AvgIpc) is 3.07. The molecule has 0 aliphatic carbocycles. The quantitative estimate of drug-likeness (QED) is 0.448. The summed E-state index contributed by atoms with van der Waals surface area (Å²) in [5.41, 5.74) is -0.215. The van der Waals surface area contributed by atoms with Crippen LogP contribution in [0.4, 0.5) is 5.69 Å². The van der Waals surface area contributed by atoms with Crippen LogP contribution in [0.2, 0.25) is 0 Å². The third-order valence-electron chi connectivity index (χ3n) is 3.01. The summed E-state index contributed by atoms with van der Waals surface area (Å²) in [5.74, 6) is -0.615. The molecule has 1 atom stereocenters. The van der Waals surface area contributed by atoms with Gasteiger partial charge in [-0.3, -0.25) is 4.79 Å². The molecule has 1 heterocycles. The molecule has 1 saturated heterocycles. The number of ketones is 1. The van der Waals surface area contributed by atoms with Crippen LogP contribution in [0.1, 0.15) is 13.8 Å². The molecule has 1 fully saturated rings. The molecule has 0 bridgehead atoms. The maximum atomic E-state index is 11.9. The van der Waals surface area contributed by atoms with E-state index in [0.29, 0.717) is 6.54 Å². The van der Waals surface area contributed by atoms with Gasteiger partial charge in [0.05, 0.1) is 13.2 Å².